The van der Waals surface area contributed by atoms with E-state index in [1.807, 2.05) is 30.3 Å². The number of nitrogens with zero attached hydrogens (tertiary/aromatic N) is 1. The van der Waals surface area contributed by atoms with Crippen LogP contribution in [0.1, 0.15) is 24.0 Å². The van der Waals surface area contributed by atoms with Gasteiger partial charge in [0, 0.05) is 3.57 Å². The Morgan fingerprint density at radius 2 is 1.74 bits per heavy atom. The summed E-state index contributed by atoms with van der Waals surface area (Å²) in [7, 11) is 2.07. The van der Waals surface area contributed by atoms with Gasteiger partial charge in [-0.3, -0.25) is 4.79 Å². The van der Waals surface area contributed by atoms with Crippen LogP contribution < -0.4 is 0 Å². The zero-order chi connectivity index (χ0) is 18.7. The maximum atomic E-state index is 13.1. The summed E-state index contributed by atoms with van der Waals surface area (Å²) in [5, 5.41) is 0.957. The first-order valence-corrected chi connectivity index (χ1v) is 10.3. The van der Waals surface area contributed by atoms with Gasteiger partial charge in [0.15, 0.2) is 0 Å². The van der Waals surface area contributed by atoms with Crippen LogP contribution in [0.4, 0.5) is 0 Å². The summed E-state index contributed by atoms with van der Waals surface area (Å²) in [6, 6.07) is 13.4. The van der Waals surface area contributed by atoms with Crippen LogP contribution in [0.2, 0.25) is 10.0 Å². The lowest BCUT2D eigenvalue weighted by molar-refractivity contribution is -0.154. The quantitative estimate of drug-likeness (QED) is 0.367. The van der Waals surface area contributed by atoms with Gasteiger partial charge in [0.25, 0.3) is 0 Å². The molecule has 27 heavy (non-hydrogen) atoms. The average Bonchev–Trinajstić information content (AvgIpc) is 2.64. The van der Waals surface area contributed by atoms with Gasteiger partial charge in [-0.2, -0.15) is 0 Å². The van der Waals surface area contributed by atoms with E-state index in [-0.39, 0.29) is 25.0 Å². The molecule has 146 valence electrons. The maximum absolute atomic E-state index is 13.1. The molecule has 1 fully saturated rings. The molecule has 0 spiro atoms. The zero-order valence-electron chi connectivity index (χ0n) is 14.9. The van der Waals surface area contributed by atoms with Gasteiger partial charge in [0.05, 0.1) is 15.5 Å². The molecule has 0 unspecified atom stereocenters. The van der Waals surface area contributed by atoms with Crippen molar-refractivity contribution in [3.8, 4) is 0 Å². The number of benzene rings is 2. The van der Waals surface area contributed by atoms with Crippen LogP contribution in [0.3, 0.4) is 0 Å². The molecule has 0 aliphatic carbocycles. The van der Waals surface area contributed by atoms with E-state index in [0.717, 1.165) is 27.8 Å². The number of likely N-dealkylation sites (tertiary alicyclic amines) is 1. The minimum absolute atomic E-state index is 0. The lowest BCUT2D eigenvalue weighted by Crippen LogP contribution is -2.47. The highest BCUT2D eigenvalue weighted by atomic mass is 127. The molecule has 0 aromatic heterocycles. The van der Waals surface area contributed by atoms with Crippen molar-refractivity contribution in [3.05, 3.63) is 67.2 Å². The number of halogens is 4. The molecule has 1 saturated heterocycles. The van der Waals surface area contributed by atoms with Gasteiger partial charge in [-0.25, -0.2) is 0 Å². The van der Waals surface area contributed by atoms with E-state index in [1.165, 1.54) is 0 Å². The summed E-state index contributed by atoms with van der Waals surface area (Å²) in [5.74, 6) is -0.192. The molecule has 1 aliphatic heterocycles. The van der Waals surface area contributed by atoms with E-state index in [4.69, 9.17) is 27.9 Å². The molecule has 0 radical (unpaired) electrons. The third-order valence-electron chi connectivity index (χ3n) is 4.99. The van der Waals surface area contributed by atoms with Gasteiger partial charge in [-0.15, -0.1) is 12.4 Å². The third kappa shape index (κ3) is 5.30. The van der Waals surface area contributed by atoms with E-state index in [2.05, 4.69) is 34.5 Å². The van der Waals surface area contributed by atoms with Crippen molar-refractivity contribution in [3.63, 3.8) is 0 Å². The number of piperidine rings is 1. The van der Waals surface area contributed by atoms with E-state index >= 15 is 0 Å². The number of hydrogen-bond acceptors (Lipinski definition) is 3. The lowest BCUT2D eigenvalue weighted by atomic mass is 9.73. The number of esters is 1. The van der Waals surface area contributed by atoms with Crippen LogP contribution in [0.15, 0.2) is 42.5 Å². The first kappa shape index (κ1) is 22.8. The van der Waals surface area contributed by atoms with Crippen LogP contribution in [0, 0.1) is 3.57 Å². The monoisotopic (exact) mass is 539 g/mol. The van der Waals surface area contributed by atoms with Crippen LogP contribution in [-0.4, -0.2) is 31.0 Å². The SMILES string of the molecule is CN1CCC(C(=O)OCc2ccc(I)cc2)(c2ccc(Cl)c(Cl)c2)CC1.Cl. The van der Waals surface area contributed by atoms with Crippen molar-refractivity contribution in [1.29, 1.82) is 0 Å². The lowest BCUT2D eigenvalue weighted by Gasteiger charge is -2.39. The molecule has 0 amide bonds. The average molecular weight is 541 g/mol. The Morgan fingerprint density at radius 1 is 1.11 bits per heavy atom. The summed E-state index contributed by atoms with van der Waals surface area (Å²) in [4.78, 5) is 15.4. The second kappa shape index (κ2) is 9.79. The molecule has 7 heteroatoms. The number of carbonyl (C=O) groups is 1. The summed E-state index contributed by atoms with van der Waals surface area (Å²) >= 11 is 14.5. The Morgan fingerprint density at radius 3 is 2.33 bits per heavy atom. The van der Waals surface area contributed by atoms with E-state index < -0.39 is 5.41 Å². The second-order valence-corrected chi connectivity index (χ2v) is 8.78. The molecule has 0 saturated carbocycles. The van der Waals surface area contributed by atoms with Crippen molar-refractivity contribution in [2.24, 2.45) is 0 Å². The highest BCUT2D eigenvalue weighted by Gasteiger charge is 2.44. The molecular weight excluding hydrogens is 519 g/mol. The van der Waals surface area contributed by atoms with Crippen LogP contribution in [-0.2, 0) is 21.6 Å². The van der Waals surface area contributed by atoms with Crippen LogP contribution >= 0.6 is 58.2 Å². The summed E-state index contributed by atoms with van der Waals surface area (Å²) in [5.41, 5.74) is 1.19. The maximum Gasteiger partial charge on any atom is 0.316 e. The van der Waals surface area contributed by atoms with Gasteiger partial charge >= 0.3 is 5.97 Å². The minimum atomic E-state index is -0.677. The number of ether oxygens (including phenoxy) is 1. The van der Waals surface area contributed by atoms with Gasteiger partial charge in [-0.05, 0) is 91.0 Å². The summed E-state index contributed by atoms with van der Waals surface area (Å²) in [6.45, 7) is 1.94. The molecule has 0 atom stereocenters. The zero-order valence-corrected chi connectivity index (χ0v) is 19.4. The van der Waals surface area contributed by atoms with Gasteiger partial charge in [-0.1, -0.05) is 41.4 Å². The Bertz CT molecular complexity index is 790. The minimum Gasteiger partial charge on any atom is -0.460 e. The topological polar surface area (TPSA) is 29.5 Å². The molecular formula is C20H21Cl3INO2. The van der Waals surface area contributed by atoms with Crippen molar-refractivity contribution in [2.75, 3.05) is 20.1 Å². The molecule has 1 aliphatic rings. The predicted octanol–water partition coefficient (Wildman–Crippen LogP) is 5.73. The molecule has 1 heterocycles. The van der Waals surface area contributed by atoms with E-state index in [9.17, 15) is 4.79 Å². The largest absolute Gasteiger partial charge is 0.460 e. The summed E-state index contributed by atoms with van der Waals surface area (Å²) in [6.07, 6.45) is 1.40. The van der Waals surface area contributed by atoms with Crippen molar-refractivity contribution in [2.45, 2.75) is 24.9 Å². The first-order chi connectivity index (χ1) is 12.4. The van der Waals surface area contributed by atoms with Crippen LogP contribution in [0.5, 0.6) is 0 Å². The number of rotatable bonds is 4. The summed E-state index contributed by atoms with van der Waals surface area (Å²) < 4.78 is 6.89. The van der Waals surface area contributed by atoms with Crippen LogP contribution in [0.25, 0.3) is 0 Å². The number of carbonyl (C=O) groups excluding carboxylic acids is 1. The molecule has 3 nitrogen and oxygen atoms in total. The highest BCUT2D eigenvalue weighted by molar-refractivity contribution is 14.1. The van der Waals surface area contributed by atoms with Crippen molar-refractivity contribution in [1.82, 2.24) is 4.90 Å². The standard InChI is InChI=1S/C20H20Cl2INO2.ClH/c1-24-10-8-20(9-11-24,15-4-7-17(21)18(22)12-15)19(25)26-13-14-2-5-16(23)6-3-14;/h2-7,12H,8-11,13H2,1H3;1H. The Kier molecular flexibility index (Phi) is 8.25. The second-order valence-electron chi connectivity index (χ2n) is 6.72. The first-order valence-electron chi connectivity index (χ1n) is 8.46. The van der Waals surface area contributed by atoms with Crippen molar-refractivity contribution >= 4 is 64.2 Å². The van der Waals surface area contributed by atoms with Gasteiger partial charge < -0.3 is 9.64 Å². The Labute approximate surface area is 189 Å². The molecule has 2 aromatic rings. The Balaban J connectivity index is 0.00000261. The van der Waals surface area contributed by atoms with E-state index in [1.54, 1.807) is 12.1 Å². The van der Waals surface area contributed by atoms with E-state index in [0.29, 0.717) is 22.9 Å². The fraction of sp³-hybridized carbons (Fsp3) is 0.350. The Hall–Kier alpha value is -0.530. The smallest absolute Gasteiger partial charge is 0.316 e. The fourth-order valence-corrected chi connectivity index (χ4v) is 3.93. The molecule has 0 N–H and O–H groups in total. The number of hydrogen-bond donors (Lipinski definition) is 0. The predicted molar refractivity (Wildman–Crippen MR) is 121 cm³/mol. The van der Waals surface area contributed by atoms with Gasteiger partial charge in [0.2, 0.25) is 0 Å². The molecule has 0 bridgehead atoms. The molecule has 2 aromatic carbocycles. The normalized spacial score (nSPS) is 16.4. The van der Waals surface area contributed by atoms with Gasteiger partial charge in [0.1, 0.15) is 6.61 Å². The fourth-order valence-electron chi connectivity index (χ4n) is 3.27. The van der Waals surface area contributed by atoms with Crippen molar-refractivity contribution < 1.29 is 9.53 Å². The molecule has 3 rings (SSSR count). The third-order valence-corrected chi connectivity index (χ3v) is 6.44. The highest BCUT2D eigenvalue weighted by Crippen LogP contribution is 2.39.